The molecule has 2 heterocycles. The third-order valence-electron chi connectivity index (χ3n) is 3.99. The molecule has 0 atom stereocenters. The summed E-state index contributed by atoms with van der Waals surface area (Å²) in [6, 6.07) is 4.66. The maximum absolute atomic E-state index is 4.63. The number of nitrogens with one attached hydrogen (secondary N) is 1. The topological polar surface area (TPSA) is 42.7 Å². The molecule has 20 heavy (non-hydrogen) atoms. The van der Waals surface area contributed by atoms with Crippen LogP contribution in [0.4, 0.5) is 11.6 Å². The molecule has 2 aromatic rings. The molecule has 0 saturated heterocycles. The molecule has 1 saturated carbocycles. The molecule has 0 aromatic carbocycles. The van der Waals surface area contributed by atoms with E-state index in [0.717, 1.165) is 23.0 Å². The molecule has 0 bridgehead atoms. The van der Waals surface area contributed by atoms with Crippen molar-refractivity contribution in [2.24, 2.45) is 0 Å². The third kappa shape index (κ3) is 2.84. The number of hydrogen-bond acceptors (Lipinski definition) is 3. The number of nitrogens with zero attached hydrogens (tertiary/aromatic N) is 3. The molecular formula is C16H22N4. The smallest absolute Gasteiger partial charge is 0.207 e. The van der Waals surface area contributed by atoms with Crippen molar-refractivity contribution in [2.45, 2.75) is 52.0 Å². The number of imidazole rings is 1. The maximum atomic E-state index is 4.63. The van der Waals surface area contributed by atoms with Crippen molar-refractivity contribution >= 4 is 11.6 Å². The van der Waals surface area contributed by atoms with Crippen LogP contribution >= 0.6 is 0 Å². The Morgan fingerprint density at radius 1 is 1.10 bits per heavy atom. The third-order valence-corrected chi connectivity index (χ3v) is 3.99. The minimum Gasteiger partial charge on any atom is -0.324 e. The lowest BCUT2D eigenvalue weighted by molar-refractivity contribution is 0.356. The second kappa shape index (κ2) is 5.65. The molecule has 0 spiro atoms. The summed E-state index contributed by atoms with van der Waals surface area (Å²) in [5.41, 5.74) is 3.10. The lowest BCUT2D eigenvalue weighted by atomic mass is 9.95. The van der Waals surface area contributed by atoms with Crippen molar-refractivity contribution in [1.82, 2.24) is 14.5 Å². The van der Waals surface area contributed by atoms with Gasteiger partial charge in [-0.2, -0.15) is 0 Å². The Balaban J connectivity index is 1.83. The van der Waals surface area contributed by atoms with Crippen LogP contribution in [0.15, 0.2) is 24.5 Å². The minimum absolute atomic E-state index is 0.589. The molecule has 0 radical (unpaired) electrons. The molecule has 0 aliphatic heterocycles. The lowest BCUT2D eigenvalue weighted by Gasteiger charge is -2.24. The molecule has 4 nitrogen and oxygen atoms in total. The number of aryl methyl sites for hydroxylation is 2. The predicted octanol–water partition coefficient (Wildman–Crippen LogP) is 4.14. The van der Waals surface area contributed by atoms with E-state index in [1.165, 1.54) is 32.1 Å². The molecule has 1 fully saturated rings. The van der Waals surface area contributed by atoms with Crippen LogP contribution in [-0.2, 0) is 0 Å². The summed E-state index contributed by atoms with van der Waals surface area (Å²) in [4.78, 5) is 8.95. The van der Waals surface area contributed by atoms with Crippen LogP contribution in [0.1, 0.15) is 49.5 Å². The first-order chi connectivity index (χ1) is 9.72. The fraction of sp³-hybridized carbons (Fsp3) is 0.500. The molecule has 4 heteroatoms. The van der Waals surface area contributed by atoms with Gasteiger partial charge in [0.2, 0.25) is 5.95 Å². The van der Waals surface area contributed by atoms with Gasteiger partial charge in [-0.1, -0.05) is 19.3 Å². The van der Waals surface area contributed by atoms with Crippen LogP contribution in [0.5, 0.6) is 0 Å². The number of anilines is 2. The number of hydrogen-bond donors (Lipinski definition) is 1. The molecule has 3 rings (SSSR count). The van der Waals surface area contributed by atoms with Gasteiger partial charge in [-0.05, 0) is 38.8 Å². The Hall–Kier alpha value is -1.84. The van der Waals surface area contributed by atoms with Crippen molar-refractivity contribution in [3.05, 3.63) is 35.9 Å². The SMILES string of the molecule is Cc1ccc(Nc2nc(C)cn2C2CCCCC2)cn1. The summed E-state index contributed by atoms with van der Waals surface area (Å²) in [5.74, 6) is 0.944. The van der Waals surface area contributed by atoms with Gasteiger partial charge >= 0.3 is 0 Å². The Labute approximate surface area is 120 Å². The zero-order chi connectivity index (χ0) is 13.9. The van der Waals surface area contributed by atoms with Gasteiger partial charge in [0.05, 0.1) is 17.6 Å². The molecule has 1 aliphatic rings. The number of pyridine rings is 1. The van der Waals surface area contributed by atoms with E-state index < -0.39 is 0 Å². The van der Waals surface area contributed by atoms with Crippen LogP contribution in [0.3, 0.4) is 0 Å². The summed E-state index contributed by atoms with van der Waals surface area (Å²) in [7, 11) is 0. The van der Waals surface area contributed by atoms with E-state index in [0.29, 0.717) is 6.04 Å². The molecule has 106 valence electrons. The van der Waals surface area contributed by atoms with Crippen molar-refractivity contribution in [3.8, 4) is 0 Å². The van der Waals surface area contributed by atoms with Gasteiger partial charge in [-0.15, -0.1) is 0 Å². The van der Waals surface area contributed by atoms with Gasteiger partial charge in [-0.25, -0.2) is 4.98 Å². The average Bonchev–Trinajstić information content (AvgIpc) is 2.83. The van der Waals surface area contributed by atoms with Crippen molar-refractivity contribution in [1.29, 1.82) is 0 Å². The van der Waals surface area contributed by atoms with Crippen LogP contribution in [0.25, 0.3) is 0 Å². The normalized spacial score (nSPS) is 16.3. The quantitative estimate of drug-likeness (QED) is 0.911. The fourth-order valence-electron chi connectivity index (χ4n) is 2.92. The first kappa shape index (κ1) is 13.2. The standard InChI is InChI=1S/C16H22N4/c1-12-8-9-14(10-17-12)19-16-18-13(2)11-20(16)15-6-4-3-5-7-15/h8-11,15H,3-7H2,1-2H3,(H,18,19). The Morgan fingerprint density at radius 2 is 1.90 bits per heavy atom. The zero-order valence-corrected chi connectivity index (χ0v) is 12.3. The van der Waals surface area contributed by atoms with E-state index in [1.54, 1.807) is 0 Å². The molecule has 0 unspecified atom stereocenters. The van der Waals surface area contributed by atoms with E-state index in [9.17, 15) is 0 Å². The van der Waals surface area contributed by atoms with E-state index in [4.69, 9.17) is 0 Å². The van der Waals surface area contributed by atoms with Gasteiger partial charge in [-0.3, -0.25) is 4.98 Å². The second-order valence-corrected chi connectivity index (χ2v) is 5.72. The fourth-order valence-corrected chi connectivity index (χ4v) is 2.92. The molecule has 1 N–H and O–H groups in total. The summed E-state index contributed by atoms with van der Waals surface area (Å²) in [6.45, 7) is 4.05. The first-order valence-corrected chi connectivity index (χ1v) is 7.47. The van der Waals surface area contributed by atoms with Crippen LogP contribution in [0, 0.1) is 13.8 Å². The highest BCUT2D eigenvalue weighted by atomic mass is 15.2. The van der Waals surface area contributed by atoms with Gasteiger partial charge in [0, 0.05) is 17.9 Å². The van der Waals surface area contributed by atoms with Gasteiger partial charge in [0.15, 0.2) is 0 Å². The van der Waals surface area contributed by atoms with Gasteiger partial charge in [0.25, 0.3) is 0 Å². The van der Waals surface area contributed by atoms with Crippen molar-refractivity contribution in [2.75, 3.05) is 5.32 Å². The highest BCUT2D eigenvalue weighted by molar-refractivity contribution is 5.52. The highest BCUT2D eigenvalue weighted by Gasteiger charge is 2.18. The van der Waals surface area contributed by atoms with Crippen LogP contribution in [-0.4, -0.2) is 14.5 Å². The monoisotopic (exact) mass is 270 g/mol. The molecular weight excluding hydrogens is 248 g/mol. The van der Waals surface area contributed by atoms with Crippen molar-refractivity contribution in [3.63, 3.8) is 0 Å². The van der Waals surface area contributed by atoms with Crippen LogP contribution in [0.2, 0.25) is 0 Å². The van der Waals surface area contributed by atoms with Crippen LogP contribution < -0.4 is 5.32 Å². The Kier molecular flexibility index (Phi) is 3.72. The van der Waals surface area contributed by atoms with E-state index in [-0.39, 0.29) is 0 Å². The highest BCUT2D eigenvalue weighted by Crippen LogP contribution is 2.31. The molecule has 2 aromatic heterocycles. The summed E-state index contributed by atoms with van der Waals surface area (Å²) >= 11 is 0. The Bertz CT molecular complexity index is 565. The van der Waals surface area contributed by atoms with E-state index >= 15 is 0 Å². The second-order valence-electron chi connectivity index (χ2n) is 5.72. The molecule has 0 amide bonds. The average molecular weight is 270 g/mol. The summed E-state index contributed by atoms with van der Waals surface area (Å²) in [5, 5.41) is 3.41. The summed E-state index contributed by atoms with van der Waals surface area (Å²) < 4.78 is 2.31. The molecule has 1 aliphatic carbocycles. The summed E-state index contributed by atoms with van der Waals surface area (Å²) in [6.07, 6.45) is 10.6. The van der Waals surface area contributed by atoms with Gasteiger partial charge in [0.1, 0.15) is 0 Å². The van der Waals surface area contributed by atoms with E-state index in [1.807, 2.05) is 19.2 Å². The maximum Gasteiger partial charge on any atom is 0.207 e. The predicted molar refractivity (Wildman–Crippen MR) is 81.3 cm³/mol. The Morgan fingerprint density at radius 3 is 2.60 bits per heavy atom. The first-order valence-electron chi connectivity index (χ1n) is 7.47. The van der Waals surface area contributed by atoms with Gasteiger partial charge < -0.3 is 9.88 Å². The van der Waals surface area contributed by atoms with E-state index in [2.05, 4.69) is 39.0 Å². The van der Waals surface area contributed by atoms with Crippen molar-refractivity contribution < 1.29 is 0 Å². The number of aromatic nitrogens is 3. The minimum atomic E-state index is 0.589. The number of rotatable bonds is 3. The zero-order valence-electron chi connectivity index (χ0n) is 12.3. The lowest BCUT2D eigenvalue weighted by Crippen LogP contribution is -2.14. The largest absolute Gasteiger partial charge is 0.324 e.